The molecule has 1 aliphatic heterocycles. The number of aliphatic imine (C=N–C) groups is 1. The highest BCUT2D eigenvalue weighted by Crippen LogP contribution is 2.28. The standard InChI is InChI=1S/C23H29N3/c1-5-18-13-21-20(8-10-25-23(21)14-18)22(6-2)26-17(4)11-16(3)12-19-7-9-24-15-19/h6,8,10-12,14,19,24H,2,5,7,9,13,15H2,1,3-4H3/b16-12+,17-11-,26-22?. The van der Waals surface area contributed by atoms with Crippen LogP contribution in [0.3, 0.4) is 0 Å². The lowest BCUT2D eigenvalue weighted by atomic mass is 10.0. The van der Waals surface area contributed by atoms with Gasteiger partial charge in [-0.25, -0.2) is 0 Å². The minimum absolute atomic E-state index is 0.643. The Morgan fingerprint density at radius 1 is 1.42 bits per heavy atom. The summed E-state index contributed by atoms with van der Waals surface area (Å²) in [6.45, 7) is 12.6. The number of pyridine rings is 1. The lowest BCUT2D eigenvalue weighted by Crippen LogP contribution is -2.07. The number of aromatic nitrogens is 1. The van der Waals surface area contributed by atoms with Gasteiger partial charge < -0.3 is 5.32 Å². The summed E-state index contributed by atoms with van der Waals surface area (Å²) >= 11 is 0. The number of rotatable bonds is 6. The van der Waals surface area contributed by atoms with E-state index in [0.29, 0.717) is 5.92 Å². The Morgan fingerprint density at radius 2 is 2.27 bits per heavy atom. The van der Waals surface area contributed by atoms with Crippen molar-refractivity contribution < 1.29 is 0 Å². The quantitative estimate of drug-likeness (QED) is 0.589. The van der Waals surface area contributed by atoms with Gasteiger partial charge in [-0.1, -0.05) is 30.7 Å². The Morgan fingerprint density at radius 3 is 2.96 bits per heavy atom. The van der Waals surface area contributed by atoms with Crippen molar-refractivity contribution in [3.8, 4) is 0 Å². The van der Waals surface area contributed by atoms with Crippen LogP contribution >= 0.6 is 0 Å². The summed E-state index contributed by atoms with van der Waals surface area (Å²) in [6.07, 6.45) is 13.7. The summed E-state index contributed by atoms with van der Waals surface area (Å²) in [4.78, 5) is 9.38. The number of hydrogen-bond donors (Lipinski definition) is 1. The van der Waals surface area contributed by atoms with E-state index >= 15 is 0 Å². The van der Waals surface area contributed by atoms with Gasteiger partial charge in [0.15, 0.2) is 0 Å². The molecule has 0 radical (unpaired) electrons. The molecule has 2 heterocycles. The second-order valence-corrected chi connectivity index (χ2v) is 7.21. The molecule has 1 N–H and O–H groups in total. The summed E-state index contributed by atoms with van der Waals surface area (Å²) in [7, 11) is 0. The van der Waals surface area contributed by atoms with Crippen LogP contribution in [0.25, 0.3) is 6.08 Å². The fourth-order valence-electron chi connectivity index (χ4n) is 3.76. The van der Waals surface area contributed by atoms with Gasteiger partial charge in [-0.2, -0.15) is 0 Å². The maximum atomic E-state index is 4.86. The number of hydrogen-bond acceptors (Lipinski definition) is 3. The van der Waals surface area contributed by atoms with Crippen molar-refractivity contribution in [2.24, 2.45) is 10.9 Å². The number of nitrogens with zero attached hydrogens (tertiary/aromatic N) is 2. The van der Waals surface area contributed by atoms with E-state index in [0.717, 1.165) is 48.6 Å². The number of allylic oxidation sites excluding steroid dienone is 5. The molecule has 0 bridgehead atoms. The Balaban J connectivity index is 1.85. The summed E-state index contributed by atoms with van der Waals surface area (Å²) < 4.78 is 0. The zero-order valence-corrected chi connectivity index (χ0v) is 16.2. The molecule has 2 aliphatic rings. The van der Waals surface area contributed by atoms with E-state index in [1.54, 1.807) is 0 Å². The van der Waals surface area contributed by atoms with Gasteiger partial charge in [-0.15, -0.1) is 0 Å². The van der Waals surface area contributed by atoms with E-state index in [9.17, 15) is 0 Å². The molecule has 1 aromatic rings. The number of fused-ring (bicyclic) bond motifs is 1. The van der Waals surface area contributed by atoms with Crippen LogP contribution in [0.15, 0.2) is 58.9 Å². The molecule has 0 spiro atoms. The monoisotopic (exact) mass is 347 g/mol. The summed E-state index contributed by atoms with van der Waals surface area (Å²) in [5.74, 6) is 0.643. The van der Waals surface area contributed by atoms with Crippen molar-refractivity contribution in [1.82, 2.24) is 10.3 Å². The van der Waals surface area contributed by atoms with Crippen molar-refractivity contribution in [2.45, 2.75) is 40.0 Å². The predicted molar refractivity (Wildman–Crippen MR) is 111 cm³/mol. The molecular weight excluding hydrogens is 318 g/mol. The first-order chi connectivity index (χ1) is 12.6. The highest BCUT2D eigenvalue weighted by molar-refractivity contribution is 6.10. The average molecular weight is 348 g/mol. The van der Waals surface area contributed by atoms with E-state index < -0.39 is 0 Å². The van der Waals surface area contributed by atoms with Crippen LogP contribution < -0.4 is 5.32 Å². The van der Waals surface area contributed by atoms with Crippen molar-refractivity contribution in [2.75, 3.05) is 13.1 Å². The lowest BCUT2D eigenvalue weighted by molar-refractivity contribution is 0.724. The Labute approximate surface area is 157 Å². The molecule has 0 saturated carbocycles. The SMILES string of the molecule is C=CC(=N/C(C)=C\C(C)=C\C1CCNC1)c1ccnc2c1CC(CC)=C2. The molecule has 136 valence electrons. The molecular formula is C23H29N3. The smallest absolute Gasteiger partial charge is 0.0703 e. The fraction of sp³-hybridized carbons (Fsp3) is 0.391. The average Bonchev–Trinajstić information content (AvgIpc) is 3.28. The Bertz CT molecular complexity index is 803. The van der Waals surface area contributed by atoms with E-state index in [1.165, 1.54) is 23.1 Å². The van der Waals surface area contributed by atoms with Crippen LogP contribution in [-0.4, -0.2) is 23.8 Å². The van der Waals surface area contributed by atoms with Crippen LogP contribution in [0.4, 0.5) is 0 Å². The first kappa shape index (κ1) is 18.5. The van der Waals surface area contributed by atoms with Crippen LogP contribution in [0.1, 0.15) is 50.4 Å². The fourth-order valence-corrected chi connectivity index (χ4v) is 3.76. The van der Waals surface area contributed by atoms with Crippen molar-refractivity contribution in [3.05, 3.63) is 70.7 Å². The molecule has 1 aliphatic carbocycles. The molecule has 0 amide bonds. The normalized spacial score (nSPS) is 21.0. The molecule has 1 saturated heterocycles. The Kier molecular flexibility index (Phi) is 6.00. The largest absolute Gasteiger partial charge is 0.316 e. The van der Waals surface area contributed by atoms with Crippen LogP contribution in [0.2, 0.25) is 0 Å². The minimum Gasteiger partial charge on any atom is -0.316 e. The molecule has 1 aromatic heterocycles. The van der Waals surface area contributed by atoms with Gasteiger partial charge in [0.25, 0.3) is 0 Å². The van der Waals surface area contributed by atoms with Crippen molar-refractivity contribution >= 4 is 11.8 Å². The van der Waals surface area contributed by atoms with Gasteiger partial charge in [0.1, 0.15) is 0 Å². The van der Waals surface area contributed by atoms with Crippen LogP contribution in [-0.2, 0) is 6.42 Å². The maximum Gasteiger partial charge on any atom is 0.0703 e. The van der Waals surface area contributed by atoms with E-state index in [-0.39, 0.29) is 0 Å². The zero-order chi connectivity index (χ0) is 18.5. The molecule has 26 heavy (non-hydrogen) atoms. The van der Waals surface area contributed by atoms with E-state index in [4.69, 9.17) is 4.99 Å². The molecule has 0 aromatic carbocycles. The predicted octanol–water partition coefficient (Wildman–Crippen LogP) is 4.87. The van der Waals surface area contributed by atoms with Gasteiger partial charge in [-0.05, 0) is 75.4 Å². The van der Waals surface area contributed by atoms with Crippen molar-refractivity contribution in [1.29, 1.82) is 0 Å². The van der Waals surface area contributed by atoms with Crippen LogP contribution in [0.5, 0.6) is 0 Å². The summed E-state index contributed by atoms with van der Waals surface area (Å²) in [5.41, 5.74) is 8.16. The molecule has 1 unspecified atom stereocenters. The second-order valence-electron chi connectivity index (χ2n) is 7.21. The third-order valence-electron chi connectivity index (χ3n) is 5.09. The van der Waals surface area contributed by atoms with Gasteiger partial charge in [0, 0.05) is 24.0 Å². The highest BCUT2D eigenvalue weighted by atomic mass is 14.9. The van der Waals surface area contributed by atoms with Gasteiger partial charge in [0.2, 0.25) is 0 Å². The van der Waals surface area contributed by atoms with Gasteiger partial charge in [-0.3, -0.25) is 9.98 Å². The van der Waals surface area contributed by atoms with Crippen LogP contribution in [0, 0.1) is 5.92 Å². The Hall–Kier alpha value is -2.26. The molecule has 1 atom stereocenters. The highest BCUT2D eigenvalue weighted by Gasteiger charge is 2.18. The van der Waals surface area contributed by atoms with E-state index in [2.05, 4.69) is 61.9 Å². The first-order valence-electron chi connectivity index (χ1n) is 9.57. The molecule has 3 rings (SSSR count). The topological polar surface area (TPSA) is 37.3 Å². The van der Waals surface area contributed by atoms with Gasteiger partial charge >= 0.3 is 0 Å². The molecule has 3 heteroatoms. The third kappa shape index (κ3) is 4.28. The zero-order valence-electron chi connectivity index (χ0n) is 16.2. The third-order valence-corrected chi connectivity index (χ3v) is 5.09. The minimum atomic E-state index is 0.643. The second kappa shape index (κ2) is 8.41. The molecule has 1 fully saturated rings. The lowest BCUT2D eigenvalue weighted by Gasteiger charge is -2.09. The van der Waals surface area contributed by atoms with Crippen molar-refractivity contribution in [3.63, 3.8) is 0 Å². The summed E-state index contributed by atoms with van der Waals surface area (Å²) in [6, 6.07) is 2.06. The summed E-state index contributed by atoms with van der Waals surface area (Å²) in [5, 5.41) is 3.41. The number of nitrogens with one attached hydrogen (secondary N) is 1. The first-order valence-corrected chi connectivity index (χ1v) is 9.57. The maximum absolute atomic E-state index is 4.86. The van der Waals surface area contributed by atoms with E-state index in [1.807, 2.05) is 12.3 Å². The van der Waals surface area contributed by atoms with Gasteiger partial charge in [0.05, 0.1) is 11.4 Å². The molecule has 3 nitrogen and oxygen atoms in total.